The summed E-state index contributed by atoms with van der Waals surface area (Å²) in [5.74, 6) is -0.0102. The first-order valence-electron chi connectivity index (χ1n) is 7.38. The van der Waals surface area contributed by atoms with Gasteiger partial charge in [-0.1, -0.05) is 0 Å². The highest BCUT2D eigenvalue weighted by atomic mass is 16.5. The van der Waals surface area contributed by atoms with Crippen molar-refractivity contribution in [1.29, 1.82) is 0 Å². The number of nitrogens with two attached hydrogens (primary N) is 1. The number of nitrogens with one attached hydrogen (secondary N) is 1. The van der Waals surface area contributed by atoms with E-state index in [0.29, 0.717) is 38.3 Å². The molecule has 0 bridgehead atoms. The van der Waals surface area contributed by atoms with Crippen LogP contribution in [0.15, 0.2) is 18.2 Å². The second-order valence-electron chi connectivity index (χ2n) is 5.07. The second-order valence-corrected chi connectivity index (χ2v) is 5.07. The minimum Gasteiger partial charge on any atom is -0.399 e. The summed E-state index contributed by atoms with van der Waals surface area (Å²) in [4.78, 5) is 11.8. The van der Waals surface area contributed by atoms with Gasteiger partial charge in [0.25, 0.3) is 0 Å². The van der Waals surface area contributed by atoms with Gasteiger partial charge in [0.2, 0.25) is 5.91 Å². The number of ether oxygens (including phenoxy) is 2. The minimum atomic E-state index is -0.0102. The van der Waals surface area contributed by atoms with Crippen LogP contribution in [0.5, 0.6) is 0 Å². The molecule has 0 aromatic heterocycles. The van der Waals surface area contributed by atoms with Crippen molar-refractivity contribution in [2.45, 2.75) is 39.7 Å². The molecule has 0 saturated carbocycles. The molecule has 1 atom stereocenters. The van der Waals surface area contributed by atoms with Crippen LogP contribution in [-0.4, -0.2) is 31.8 Å². The van der Waals surface area contributed by atoms with Crippen LogP contribution in [0.25, 0.3) is 0 Å². The molecule has 0 heterocycles. The monoisotopic (exact) mass is 294 g/mol. The Morgan fingerprint density at radius 2 is 2.19 bits per heavy atom. The van der Waals surface area contributed by atoms with Crippen LogP contribution in [0.4, 0.5) is 11.4 Å². The number of amides is 1. The quantitative estimate of drug-likeness (QED) is 0.542. The standard InChI is InChI=1S/C16H26N2O3/c1-4-20-11-13(3)21-9-5-6-16(19)18-15-8-7-14(17)10-12(15)2/h7-8,10,13H,4-6,9,11,17H2,1-3H3,(H,18,19). The van der Waals surface area contributed by atoms with Crippen LogP contribution in [0.3, 0.4) is 0 Å². The molecule has 21 heavy (non-hydrogen) atoms. The van der Waals surface area contributed by atoms with Crippen LogP contribution in [-0.2, 0) is 14.3 Å². The van der Waals surface area contributed by atoms with Crippen molar-refractivity contribution in [3.05, 3.63) is 23.8 Å². The van der Waals surface area contributed by atoms with Crippen molar-refractivity contribution >= 4 is 17.3 Å². The summed E-state index contributed by atoms with van der Waals surface area (Å²) in [7, 11) is 0. The fraction of sp³-hybridized carbons (Fsp3) is 0.562. The maximum Gasteiger partial charge on any atom is 0.224 e. The smallest absolute Gasteiger partial charge is 0.224 e. The van der Waals surface area contributed by atoms with Gasteiger partial charge in [-0.3, -0.25) is 4.79 Å². The third-order valence-corrected chi connectivity index (χ3v) is 3.03. The molecule has 5 nitrogen and oxygen atoms in total. The van der Waals surface area contributed by atoms with Crippen LogP contribution in [0.2, 0.25) is 0 Å². The molecule has 1 rings (SSSR count). The molecular weight excluding hydrogens is 268 g/mol. The average molecular weight is 294 g/mol. The van der Waals surface area contributed by atoms with Gasteiger partial charge in [0.1, 0.15) is 0 Å². The molecule has 0 saturated heterocycles. The topological polar surface area (TPSA) is 73.6 Å². The number of nitrogen functional groups attached to an aromatic ring is 1. The Balaban J connectivity index is 2.22. The first kappa shape index (κ1) is 17.5. The van der Waals surface area contributed by atoms with Gasteiger partial charge in [0.15, 0.2) is 0 Å². The molecule has 0 fully saturated rings. The van der Waals surface area contributed by atoms with Gasteiger partial charge in [0, 0.05) is 31.0 Å². The lowest BCUT2D eigenvalue weighted by Crippen LogP contribution is -2.18. The Bertz CT molecular complexity index is 449. The zero-order valence-electron chi connectivity index (χ0n) is 13.1. The Labute approximate surface area is 126 Å². The maximum absolute atomic E-state index is 11.8. The maximum atomic E-state index is 11.8. The van der Waals surface area contributed by atoms with Crippen LogP contribution in [0.1, 0.15) is 32.3 Å². The van der Waals surface area contributed by atoms with E-state index in [-0.39, 0.29) is 12.0 Å². The fourth-order valence-corrected chi connectivity index (χ4v) is 1.89. The predicted octanol–water partition coefficient (Wildman–Crippen LogP) is 2.74. The van der Waals surface area contributed by atoms with E-state index in [2.05, 4.69) is 5.32 Å². The molecule has 118 valence electrons. The second kappa shape index (κ2) is 9.37. The van der Waals surface area contributed by atoms with E-state index in [1.54, 1.807) is 6.07 Å². The van der Waals surface area contributed by atoms with E-state index >= 15 is 0 Å². The number of anilines is 2. The molecule has 0 aliphatic carbocycles. The highest BCUT2D eigenvalue weighted by molar-refractivity contribution is 5.91. The van der Waals surface area contributed by atoms with Crippen LogP contribution < -0.4 is 11.1 Å². The van der Waals surface area contributed by atoms with Crippen molar-refractivity contribution in [2.24, 2.45) is 0 Å². The molecule has 5 heteroatoms. The predicted molar refractivity (Wildman–Crippen MR) is 85.4 cm³/mol. The van der Waals surface area contributed by atoms with E-state index in [1.807, 2.05) is 32.9 Å². The fourth-order valence-electron chi connectivity index (χ4n) is 1.89. The SMILES string of the molecule is CCOCC(C)OCCCC(=O)Nc1ccc(N)cc1C. The number of hydrogen-bond acceptors (Lipinski definition) is 4. The number of rotatable bonds is 9. The highest BCUT2D eigenvalue weighted by Gasteiger charge is 2.06. The molecule has 1 aromatic rings. The lowest BCUT2D eigenvalue weighted by Gasteiger charge is -2.13. The van der Waals surface area contributed by atoms with Gasteiger partial charge in [-0.15, -0.1) is 0 Å². The number of benzene rings is 1. The summed E-state index contributed by atoms with van der Waals surface area (Å²) in [6.45, 7) is 7.68. The van der Waals surface area contributed by atoms with Crippen LogP contribution in [0, 0.1) is 6.92 Å². The summed E-state index contributed by atoms with van der Waals surface area (Å²) in [6, 6.07) is 5.44. The van der Waals surface area contributed by atoms with Crippen molar-refractivity contribution in [1.82, 2.24) is 0 Å². The molecule has 0 radical (unpaired) electrons. The summed E-state index contributed by atoms with van der Waals surface area (Å²) >= 11 is 0. The van der Waals surface area contributed by atoms with Gasteiger partial charge in [-0.2, -0.15) is 0 Å². The van der Waals surface area contributed by atoms with Crippen molar-refractivity contribution in [2.75, 3.05) is 30.9 Å². The molecule has 1 aromatic carbocycles. The summed E-state index contributed by atoms with van der Waals surface area (Å²) < 4.78 is 10.8. The average Bonchev–Trinajstić information content (AvgIpc) is 2.44. The van der Waals surface area contributed by atoms with Crippen molar-refractivity contribution in [3.8, 4) is 0 Å². The first-order chi connectivity index (χ1) is 10.0. The van der Waals surface area contributed by atoms with Gasteiger partial charge in [-0.25, -0.2) is 0 Å². The molecule has 3 N–H and O–H groups in total. The summed E-state index contributed by atoms with van der Waals surface area (Å²) in [5.41, 5.74) is 8.14. The van der Waals surface area contributed by atoms with E-state index < -0.39 is 0 Å². The number of hydrogen-bond donors (Lipinski definition) is 2. The third-order valence-electron chi connectivity index (χ3n) is 3.03. The number of aryl methyl sites for hydroxylation is 1. The third kappa shape index (κ3) is 7.11. The Hall–Kier alpha value is -1.59. The van der Waals surface area contributed by atoms with Gasteiger partial charge in [0.05, 0.1) is 12.7 Å². The van der Waals surface area contributed by atoms with Crippen molar-refractivity contribution < 1.29 is 14.3 Å². The summed E-state index contributed by atoms with van der Waals surface area (Å²) in [6.07, 6.45) is 1.19. The van der Waals surface area contributed by atoms with E-state index in [9.17, 15) is 4.79 Å². The molecule has 1 amide bonds. The molecule has 0 aliphatic rings. The Kier molecular flexibility index (Phi) is 7.79. The van der Waals surface area contributed by atoms with Gasteiger partial charge < -0.3 is 20.5 Å². The molecule has 1 unspecified atom stereocenters. The number of carbonyl (C=O) groups excluding carboxylic acids is 1. The van der Waals surface area contributed by atoms with Crippen molar-refractivity contribution in [3.63, 3.8) is 0 Å². The molecule has 0 aliphatic heterocycles. The lowest BCUT2D eigenvalue weighted by atomic mass is 10.1. The minimum absolute atomic E-state index is 0.0102. The van der Waals surface area contributed by atoms with E-state index in [4.69, 9.17) is 15.2 Å². The Morgan fingerprint density at radius 3 is 2.86 bits per heavy atom. The van der Waals surface area contributed by atoms with Gasteiger partial charge >= 0.3 is 0 Å². The van der Waals surface area contributed by atoms with E-state index in [1.165, 1.54) is 0 Å². The zero-order valence-corrected chi connectivity index (χ0v) is 13.1. The largest absolute Gasteiger partial charge is 0.399 e. The Morgan fingerprint density at radius 1 is 1.43 bits per heavy atom. The van der Waals surface area contributed by atoms with Crippen LogP contribution >= 0.6 is 0 Å². The zero-order chi connectivity index (χ0) is 15.7. The summed E-state index contributed by atoms with van der Waals surface area (Å²) in [5, 5.41) is 2.89. The number of carbonyl (C=O) groups is 1. The molecule has 0 spiro atoms. The lowest BCUT2D eigenvalue weighted by molar-refractivity contribution is -0.116. The first-order valence-corrected chi connectivity index (χ1v) is 7.38. The molecular formula is C16H26N2O3. The van der Waals surface area contributed by atoms with Gasteiger partial charge in [-0.05, 0) is 51.0 Å². The van der Waals surface area contributed by atoms with E-state index in [0.717, 1.165) is 11.3 Å². The normalized spacial score (nSPS) is 12.1. The highest BCUT2D eigenvalue weighted by Crippen LogP contribution is 2.17.